The average Bonchev–Trinajstić information content (AvgIpc) is 3.60. The Hall–Kier alpha value is -6.41. The van der Waals surface area contributed by atoms with Crippen molar-refractivity contribution in [2.24, 2.45) is 0 Å². The molecule has 0 bridgehead atoms. The molecule has 2 N–H and O–H groups in total. The predicted octanol–water partition coefficient (Wildman–Crippen LogP) is 4.54. The minimum Gasteiger partial charge on any atom is -0.463 e. The third kappa shape index (κ3) is 18.6. The van der Waals surface area contributed by atoms with E-state index in [0.29, 0.717) is 0 Å². The van der Waals surface area contributed by atoms with Crippen molar-refractivity contribution in [1.82, 2.24) is 5.32 Å². The second kappa shape index (κ2) is 31.1. The number of hydrogen-bond acceptors (Lipinski definition) is 21. The fourth-order valence-electron chi connectivity index (χ4n) is 9.39. The molecule has 0 saturated carbocycles. The first kappa shape index (κ1) is 62.2. The maximum atomic E-state index is 13.4. The minimum absolute atomic E-state index is 0.0140. The molecule has 7 rings (SSSR count). The van der Waals surface area contributed by atoms with E-state index < -0.39 is 140 Å². The van der Waals surface area contributed by atoms with Crippen LogP contribution in [0.25, 0.3) is 0 Å². The fourth-order valence-corrected chi connectivity index (χ4v) is 9.45. The van der Waals surface area contributed by atoms with Gasteiger partial charge in [0.05, 0.1) is 39.6 Å². The summed E-state index contributed by atoms with van der Waals surface area (Å²) in [5.41, 5.74) is 3.13. The van der Waals surface area contributed by atoms with Crippen LogP contribution in [0.2, 0.25) is 0 Å². The molecule has 1 amide bonds. The summed E-state index contributed by atoms with van der Waals surface area (Å²) in [5.74, 6) is -5.72. The van der Waals surface area contributed by atoms with E-state index in [1.165, 1.54) is 13.8 Å². The molecule has 0 aliphatic carbocycles. The van der Waals surface area contributed by atoms with Gasteiger partial charge in [0.25, 0.3) is 0 Å². The second-order valence-corrected chi connectivity index (χ2v) is 19.5. The van der Waals surface area contributed by atoms with Gasteiger partial charge in [-0.05, 0) is 22.3 Å². The lowest BCUT2D eigenvalue weighted by Gasteiger charge is -2.50. The first-order valence-electron chi connectivity index (χ1n) is 26.2. The average molecular weight is 1150 g/mol. The van der Waals surface area contributed by atoms with E-state index in [0.717, 1.165) is 43.0 Å². The van der Waals surface area contributed by atoms with Crippen LogP contribution in [-0.4, -0.2) is 159 Å². The molecule has 0 radical (unpaired) electrons. The number of ether oxygens (including phenoxy) is 14. The topological polar surface area (TPSA) is 264 Å². The number of halogens is 1. The number of nitrogens with one attached hydrogen (secondary N) is 1. The Bertz CT molecular complexity index is 2620. The second-order valence-electron chi connectivity index (χ2n) is 19.2. The molecule has 0 aromatic heterocycles. The number of aliphatic hydroxyl groups is 1. The summed E-state index contributed by atoms with van der Waals surface area (Å²) < 4.78 is 87.5. The summed E-state index contributed by atoms with van der Waals surface area (Å²) in [6.45, 7) is 4.63. The summed E-state index contributed by atoms with van der Waals surface area (Å²) in [5, 5.41) is 15.6. The van der Waals surface area contributed by atoms with Gasteiger partial charge in [0.2, 0.25) is 5.91 Å². The van der Waals surface area contributed by atoms with Crippen molar-refractivity contribution in [3.8, 4) is 0 Å². The van der Waals surface area contributed by atoms with Gasteiger partial charge in [-0.15, -0.1) is 11.6 Å². The number of esters is 5. The summed E-state index contributed by atoms with van der Waals surface area (Å²) >= 11 is 5.89. The molecule has 22 nitrogen and oxygen atoms in total. The van der Waals surface area contributed by atoms with Gasteiger partial charge in [-0.2, -0.15) is 0 Å². The summed E-state index contributed by atoms with van der Waals surface area (Å²) in [4.78, 5) is 77.3. The van der Waals surface area contributed by atoms with Gasteiger partial charge in [-0.1, -0.05) is 121 Å². The molecular weight excluding hydrogens is 1080 g/mol. The zero-order valence-electron chi connectivity index (χ0n) is 45.4. The van der Waals surface area contributed by atoms with E-state index in [4.69, 9.17) is 77.9 Å². The van der Waals surface area contributed by atoms with Crippen molar-refractivity contribution in [3.05, 3.63) is 144 Å². The van der Waals surface area contributed by atoms with Gasteiger partial charge in [0.15, 0.2) is 43.3 Å². The highest BCUT2D eigenvalue weighted by Gasteiger charge is 2.58. The van der Waals surface area contributed by atoms with Crippen LogP contribution in [0.5, 0.6) is 0 Å². The van der Waals surface area contributed by atoms with Crippen LogP contribution in [0.15, 0.2) is 121 Å². The van der Waals surface area contributed by atoms with Gasteiger partial charge in [-0.25, -0.2) is 0 Å². The van der Waals surface area contributed by atoms with Crippen LogP contribution in [0.3, 0.4) is 0 Å². The number of hydrogen-bond donors (Lipinski definition) is 2. The molecule has 3 heterocycles. The van der Waals surface area contributed by atoms with Crippen molar-refractivity contribution < 1.29 is 100 Å². The number of benzene rings is 4. The lowest BCUT2D eigenvalue weighted by atomic mass is 9.94. The van der Waals surface area contributed by atoms with Crippen molar-refractivity contribution in [1.29, 1.82) is 0 Å². The Balaban J connectivity index is 1.30. The van der Waals surface area contributed by atoms with E-state index in [9.17, 15) is 33.9 Å². The van der Waals surface area contributed by atoms with E-state index in [2.05, 4.69) is 5.32 Å². The lowest BCUT2D eigenvalue weighted by molar-refractivity contribution is -0.373. The first-order valence-corrected chi connectivity index (χ1v) is 26.8. The van der Waals surface area contributed by atoms with E-state index >= 15 is 0 Å². The summed E-state index contributed by atoms with van der Waals surface area (Å²) in [6.07, 6.45) is -21.4. The predicted molar refractivity (Wildman–Crippen MR) is 282 cm³/mol. The Morgan fingerprint density at radius 3 is 1.36 bits per heavy atom. The highest BCUT2D eigenvalue weighted by molar-refractivity contribution is 6.26. The Labute approximate surface area is 473 Å². The Kier molecular flexibility index (Phi) is 23.9. The number of carbonyl (C=O) groups excluding carboxylic acids is 6. The molecule has 4 aromatic carbocycles. The van der Waals surface area contributed by atoms with Crippen molar-refractivity contribution in [2.45, 2.75) is 153 Å². The first-order chi connectivity index (χ1) is 39.1. The van der Waals surface area contributed by atoms with E-state index in [1.54, 1.807) is 0 Å². The number of rotatable bonds is 26. The van der Waals surface area contributed by atoms with Crippen molar-refractivity contribution >= 4 is 47.4 Å². The quantitative estimate of drug-likeness (QED) is 0.0496. The van der Waals surface area contributed by atoms with E-state index in [-0.39, 0.29) is 39.6 Å². The Morgan fingerprint density at radius 1 is 0.457 bits per heavy atom. The van der Waals surface area contributed by atoms with Crippen LogP contribution in [0, 0.1) is 0 Å². The van der Waals surface area contributed by atoms with Gasteiger partial charge in [0, 0.05) is 34.6 Å². The molecule has 3 fully saturated rings. The summed E-state index contributed by atoms with van der Waals surface area (Å²) in [6, 6.07) is 35.4. The largest absolute Gasteiger partial charge is 0.463 e. The normalized spacial score (nSPS) is 28.2. The maximum absolute atomic E-state index is 13.4. The number of alkyl halides is 1. The van der Waals surface area contributed by atoms with E-state index in [1.807, 2.05) is 121 Å². The van der Waals surface area contributed by atoms with Crippen LogP contribution in [-0.2, 0) is 122 Å². The molecule has 438 valence electrons. The molecule has 3 aliphatic rings. The van der Waals surface area contributed by atoms with Crippen molar-refractivity contribution in [2.75, 3.05) is 25.7 Å². The van der Waals surface area contributed by atoms with Gasteiger partial charge in [-0.3, -0.25) is 28.8 Å². The third-order valence-electron chi connectivity index (χ3n) is 12.9. The molecular formula is C58H68ClNO21. The lowest BCUT2D eigenvalue weighted by Crippen LogP contribution is -2.70. The van der Waals surface area contributed by atoms with Crippen LogP contribution < -0.4 is 5.32 Å². The molecule has 0 unspecified atom stereocenters. The SMILES string of the molecule is CC(=O)N[C@H]1[C@H](O[C@H]2[C@@H](OC(C)=O)[C@@H](COCc3ccccc3)O[C@H](OCc3ccccc3)[C@@H]2OCc2ccccc2)O[C@H](COCc2ccccc2)[C@@H](O[C@@H]2O[C@H](COC(C)=O)[C@H](OC(C)=O)[C@H](OC(=O)CCl)[C@H]2OC(C)=O)[C@@H]1O. The molecule has 0 spiro atoms. The summed E-state index contributed by atoms with van der Waals surface area (Å²) in [7, 11) is 0. The number of carbonyl (C=O) groups is 6. The molecule has 3 saturated heterocycles. The minimum atomic E-state index is -1.87. The number of amides is 1. The third-order valence-corrected chi connectivity index (χ3v) is 13.1. The highest BCUT2D eigenvalue weighted by atomic mass is 35.5. The number of aliphatic hydroxyl groups excluding tert-OH is 1. The molecule has 4 aromatic rings. The van der Waals surface area contributed by atoms with Crippen molar-refractivity contribution in [3.63, 3.8) is 0 Å². The van der Waals surface area contributed by atoms with Gasteiger partial charge in [0.1, 0.15) is 61.3 Å². The molecule has 23 heteroatoms. The van der Waals surface area contributed by atoms with Gasteiger partial charge >= 0.3 is 29.8 Å². The highest BCUT2D eigenvalue weighted by Crippen LogP contribution is 2.37. The zero-order chi connectivity index (χ0) is 57.8. The van der Waals surface area contributed by atoms with Crippen LogP contribution in [0.4, 0.5) is 0 Å². The molecule has 15 atom stereocenters. The van der Waals surface area contributed by atoms with Crippen LogP contribution >= 0.6 is 11.6 Å². The monoisotopic (exact) mass is 1150 g/mol. The van der Waals surface area contributed by atoms with Gasteiger partial charge < -0.3 is 76.7 Å². The standard InChI is InChI=1S/C58H68ClNO21/c1-34(61)60-47-48(67)49(80-58-55(75-38(5)65)53(79-46(66)26-59)51(74-37(4)64)45(78-58)33-70-35(2)62)43(31-68-27-39-18-10-6-11-19-39)76-56(47)81-52-50(73-36(3)63)44(32-69-28-40-20-12-7-13-21-40)77-57(72-30-42-24-16-9-17-25-42)54(52)71-29-41-22-14-8-15-23-41/h6-25,43-45,47-58,67H,26-33H2,1-5H3,(H,60,61)/t43-,44-,45-,47-,48-,49-,50+,51+,52+,53+,54-,55-,56+,57+,58+/m1/s1. The fraction of sp³-hybridized carbons (Fsp3) is 0.483. The molecule has 3 aliphatic heterocycles. The van der Waals surface area contributed by atoms with Crippen LogP contribution in [0.1, 0.15) is 56.9 Å². The molecule has 81 heavy (non-hydrogen) atoms. The zero-order valence-corrected chi connectivity index (χ0v) is 46.1. The smallest absolute Gasteiger partial charge is 0.321 e. The maximum Gasteiger partial charge on any atom is 0.321 e. The Morgan fingerprint density at radius 2 is 0.877 bits per heavy atom.